The van der Waals surface area contributed by atoms with E-state index in [1.165, 1.54) is 39.0 Å². The minimum absolute atomic E-state index is 0.0781. The fourth-order valence-electron chi connectivity index (χ4n) is 2.49. The molecule has 0 saturated heterocycles. The molecule has 152 valence electrons. The van der Waals surface area contributed by atoms with Gasteiger partial charge in [0.25, 0.3) is 11.6 Å². The molecule has 0 spiro atoms. The van der Waals surface area contributed by atoms with Crippen LogP contribution in [0, 0.1) is 21.4 Å². The van der Waals surface area contributed by atoms with Gasteiger partial charge in [-0.05, 0) is 32.8 Å². The molecule has 0 atom stereocenters. The average Bonchev–Trinajstić information content (AvgIpc) is 2.62. The number of nitriles is 1. The Hall–Kier alpha value is -3.15. The molecule has 1 rings (SSSR count). The lowest BCUT2D eigenvalue weighted by Crippen LogP contribution is -2.45. The van der Waals surface area contributed by atoms with Crippen LogP contribution in [0.1, 0.15) is 52.0 Å². The quantitative estimate of drug-likeness (QED) is 0.265. The summed E-state index contributed by atoms with van der Waals surface area (Å²) in [5.41, 5.74) is -1.55. The van der Waals surface area contributed by atoms with Crippen molar-refractivity contribution in [2.75, 3.05) is 13.2 Å². The van der Waals surface area contributed by atoms with Crippen molar-refractivity contribution in [3.63, 3.8) is 0 Å². The maximum atomic E-state index is 11.9. The Labute approximate surface area is 163 Å². The fraction of sp³-hybridized carbons (Fsp3) is 0.526. The summed E-state index contributed by atoms with van der Waals surface area (Å²) in [5, 5.41) is 22.7. The first-order valence-corrected chi connectivity index (χ1v) is 8.97. The van der Waals surface area contributed by atoms with E-state index in [0.29, 0.717) is 19.6 Å². The van der Waals surface area contributed by atoms with E-state index in [2.05, 4.69) is 5.32 Å². The van der Waals surface area contributed by atoms with E-state index < -0.39 is 16.5 Å². The van der Waals surface area contributed by atoms with Crippen molar-refractivity contribution in [3.8, 4) is 11.8 Å². The SMILES string of the molecule is CC(=O)OC(C)(C)C(=O)NCCCCCCOc1cccc([N+](=O)[O-])c1C#N. The van der Waals surface area contributed by atoms with Gasteiger partial charge in [-0.2, -0.15) is 5.26 Å². The normalized spacial score (nSPS) is 10.6. The zero-order valence-electron chi connectivity index (χ0n) is 16.3. The second kappa shape index (κ2) is 10.9. The second-order valence-corrected chi connectivity index (χ2v) is 6.64. The first-order valence-electron chi connectivity index (χ1n) is 8.97. The van der Waals surface area contributed by atoms with Gasteiger partial charge in [0.05, 0.1) is 11.5 Å². The molecule has 1 N–H and O–H groups in total. The molecule has 0 fully saturated rings. The van der Waals surface area contributed by atoms with E-state index in [1.54, 1.807) is 0 Å². The van der Waals surface area contributed by atoms with Crippen LogP contribution >= 0.6 is 0 Å². The number of nitro benzene ring substituents is 1. The van der Waals surface area contributed by atoms with E-state index >= 15 is 0 Å². The van der Waals surface area contributed by atoms with Gasteiger partial charge in [-0.1, -0.05) is 18.9 Å². The molecule has 0 saturated carbocycles. The predicted molar refractivity (Wildman–Crippen MR) is 101 cm³/mol. The fourth-order valence-corrected chi connectivity index (χ4v) is 2.49. The van der Waals surface area contributed by atoms with Crippen molar-refractivity contribution in [3.05, 3.63) is 33.9 Å². The van der Waals surface area contributed by atoms with Gasteiger partial charge in [-0.15, -0.1) is 0 Å². The van der Waals surface area contributed by atoms with Crippen LogP contribution in [0.5, 0.6) is 5.75 Å². The Balaban J connectivity index is 2.27. The number of carbonyl (C=O) groups is 2. The molecule has 0 aromatic heterocycles. The zero-order valence-corrected chi connectivity index (χ0v) is 16.3. The number of rotatable bonds is 11. The van der Waals surface area contributed by atoms with Gasteiger partial charge in [0.2, 0.25) is 0 Å². The lowest BCUT2D eigenvalue weighted by molar-refractivity contribution is -0.385. The molecule has 0 aliphatic carbocycles. The largest absolute Gasteiger partial charge is 0.492 e. The highest BCUT2D eigenvalue weighted by atomic mass is 16.6. The van der Waals surface area contributed by atoms with Gasteiger partial charge in [-0.25, -0.2) is 0 Å². The second-order valence-electron chi connectivity index (χ2n) is 6.64. The topological polar surface area (TPSA) is 132 Å². The highest BCUT2D eigenvalue weighted by Gasteiger charge is 2.30. The van der Waals surface area contributed by atoms with Crippen molar-refractivity contribution in [2.24, 2.45) is 0 Å². The van der Waals surface area contributed by atoms with Crippen LogP contribution in [0.25, 0.3) is 0 Å². The van der Waals surface area contributed by atoms with Crippen LogP contribution in [0.15, 0.2) is 18.2 Å². The third kappa shape index (κ3) is 7.23. The number of benzene rings is 1. The van der Waals surface area contributed by atoms with E-state index in [0.717, 1.165) is 19.3 Å². The monoisotopic (exact) mass is 391 g/mol. The highest BCUT2D eigenvalue weighted by Crippen LogP contribution is 2.27. The molecule has 1 aromatic rings. The molecular formula is C19H25N3O6. The van der Waals surface area contributed by atoms with E-state index in [9.17, 15) is 19.7 Å². The van der Waals surface area contributed by atoms with Crippen molar-refractivity contribution in [1.82, 2.24) is 5.32 Å². The lowest BCUT2D eigenvalue weighted by Gasteiger charge is -2.23. The van der Waals surface area contributed by atoms with Gasteiger partial charge in [-0.3, -0.25) is 19.7 Å². The van der Waals surface area contributed by atoms with Gasteiger partial charge < -0.3 is 14.8 Å². The molecule has 1 amide bonds. The number of hydrogen-bond acceptors (Lipinski definition) is 7. The molecule has 1 aromatic carbocycles. The predicted octanol–water partition coefficient (Wildman–Crippen LogP) is 2.86. The first kappa shape index (κ1) is 22.9. The number of esters is 1. The van der Waals surface area contributed by atoms with Gasteiger partial charge in [0, 0.05) is 19.5 Å². The minimum Gasteiger partial charge on any atom is -0.492 e. The number of unbranched alkanes of at least 4 members (excludes halogenated alkanes) is 3. The van der Waals surface area contributed by atoms with Crippen LogP contribution in [-0.2, 0) is 14.3 Å². The Morgan fingerprint density at radius 3 is 2.54 bits per heavy atom. The zero-order chi connectivity index (χ0) is 21.2. The third-order valence-corrected chi connectivity index (χ3v) is 3.87. The third-order valence-electron chi connectivity index (χ3n) is 3.87. The number of amides is 1. The number of ether oxygens (including phenoxy) is 2. The van der Waals surface area contributed by atoms with Crippen molar-refractivity contribution < 1.29 is 24.0 Å². The molecule has 0 bridgehead atoms. The molecule has 0 aliphatic rings. The van der Waals surface area contributed by atoms with Crippen molar-refractivity contribution >= 4 is 17.6 Å². The summed E-state index contributed by atoms with van der Waals surface area (Å²) in [6.07, 6.45) is 3.14. The smallest absolute Gasteiger partial charge is 0.303 e. The maximum absolute atomic E-state index is 11.9. The van der Waals surface area contributed by atoms with Crippen LogP contribution < -0.4 is 10.1 Å². The molecule has 0 unspecified atom stereocenters. The first-order chi connectivity index (χ1) is 13.2. The summed E-state index contributed by atoms with van der Waals surface area (Å²) >= 11 is 0. The molecule has 0 aliphatic heterocycles. The Kier molecular flexibility index (Phi) is 8.88. The molecule has 0 heterocycles. The Morgan fingerprint density at radius 2 is 1.93 bits per heavy atom. The van der Waals surface area contributed by atoms with Crippen LogP contribution in [-0.4, -0.2) is 35.6 Å². The van der Waals surface area contributed by atoms with Crippen molar-refractivity contribution in [1.29, 1.82) is 5.26 Å². The summed E-state index contributed by atoms with van der Waals surface area (Å²) in [4.78, 5) is 33.2. The number of nitrogens with zero attached hydrogens (tertiary/aromatic N) is 2. The summed E-state index contributed by atoms with van der Waals surface area (Å²) in [5.74, 6) is -0.652. The molecule has 9 heteroatoms. The summed E-state index contributed by atoms with van der Waals surface area (Å²) in [7, 11) is 0. The highest BCUT2D eigenvalue weighted by molar-refractivity contribution is 5.86. The number of carbonyl (C=O) groups excluding carboxylic acids is 2. The van der Waals surface area contributed by atoms with E-state index in [4.69, 9.17) is 14.7 Å². The minimum atomic E-state index is -1.20. The van der Waals surface area contributed by atoms with Gasteiger partial charge >= 0.3 is 5.97 Å². The number of hydrogen-bond donors (Lipinski definition) is 1. The van der Waals surface area contributed by atoms with Gasteiger partial charge in [0.1, 0.15) is 11.8 Å². The molecule has 0 radical (unpaired) electrons. The number of nitrogens with one attached hydrogen (secondary N) is 1. The Bertz CT molecular complexity index is 755. The molecule has 28 heavy (non-hydrogen) atoms. The summed E-state index contributed by atoms with van der Waals surface area (Å²) < 4.78 is 10.5. The standard InChI is InChI=1S/C19H25N3O6/c1-14(23)28-19(2,3)18(24)21-11-6-4-5-7-12-27-17-10-8-9-16(22(25)26)15(17)13-20/h8-10H,4-7,11-12H2,1-3H3,(H,21,24). The Morgan fingerprint density at radius 1 is 1.25 bits per heavy atom. The van der Waals surface area contributed by atoms with Crippen LogP contribution in [0.2, 0.25) is 0 Å². The summed E-state index contributed by atoms with van der Waals surface area (Å²) in [6.45, 7) is 5.12. The molecule has 9 nitrogen and oxygen atoms in total. The van der Waals surface area contributed by atoms with E-state index in [-0.39, 0.29) is 22.9 Å². The lowest BCUT2D eigenvalue weighted by atomic mass is 10.1. The van der Waals surface area contributed by atoms with Gasteiger partial charge in [0.15, 0.2) is 11.2 Å². The summed E-state index contributed by atoms with van der Waals surface area (Å²) in [6, 6.07) is 6.09. The van der Waals surface area contributed by atoms with E-state index in [1.807, 2.05) is 6.07 Å². The van der Waals surface area contributed by atoms with Crippen molar-refractivity contribution in [2.45, 2.75) is 52.1 Å². The van der Waals surface area contributed by atoms with Crippen LogP contribution in [0.4, 0.5) is 5.69 Å². The maximum Gasteiger partial charge on any atom is 0.303 e. The number of nitro groups is 1. The average molecular weight is 391 g/mol. The molecular weight excluding hydrogens is 366 g/mol. The van der Waals surface area contributed by atoms with Crippen LogP contribution in [0.3, 0.4) is 0 Å².